The zero-order valence-electron chi connectivity index (χ0n) is 22.2. The van der Waals surface area contributed by atoms with E-state index in [1.807, 2.05) is 6.92 Å². The first kappa shape index (κ1) is 25.5. The van der Waals surface area contributed by atoms with Crippen molar-refractivity contribution in [1.29, 1.82) is 0 Å². The summed E-state index contributed by atoms with van der Waals surface area (Å²) >= 11 is 0. The Hall–Kier alpha value is -1.51. The molecule has 11 nitrogen and oxygen atoms in total. The van der Waals surface area contributed by atoms with Gasteiger partial charge in [0.1, 0.15) is 28.6 Å². The zero-order valence-corrected chi connectivity index (χ0v) is 22.2. The van der Waals surface area contributed by atoms with Crippen molar-refractivity contribution >= 4 is 13.1 Å². The lowest BCUT2D eigenvalue weighted by atomic mass is 9.51. The predicted molar refractivity (Wildman–Crippen MR) is 129 cm³/mol. The van der Waals surface area contributed by atoms with Gasteiger partial charge in [0.25, 0.3) is 0 Å². The van der Waals surface area contributed by atoms with Crippen LogP contribution in [0, 0.1) is 16.7 Å². The van der Waals surface area contributed by atoms with Gasteiger partial charge in [-0.1, -0.05) is 27.7 Å². The molecule has 38 heavy (non-hydrogen) atoms. The molecule has 1 aromatic rings. The molecule has 8 rings (SSSR count). The molecular formula is C26H36BNO10. The quantitative estimate of drug-likeness (QED) is 0.231. The third-order valence-electron chi connectivity index (χ3n) is 11.9. The van der Waals surface area contributed by atoms with Crippen LogP contribution in [0.1, 0.15) is 64.4 Å². The predicted octanol–water partition coefficient (Wildman–Crippen LogP) is 0.107. The van der Waals surface area contributed by atoms with Gasteiger partial charge in [0.15, 0.2) is 17.5 Å². The number of aromatic nitrogens is 1. The van der Waals surface area contributed by atoms with Crippen LogP contribution < -0.4 is 0 Å². The number of esters is 1. The van der Waals surface area contributed by atoms with Crippen molar-refractivity contribution in [3.8, 4) is 0 Å². The van der Waals surface area contributed by atoms with Crippen LogP contribution in [0.5, 0.6) is 0 Å². The smallest absolute Gasteiger partial charge is 0.451 e. The van der Waals surface area contributed by atoms with Gasteiger partial charge in [-0.15, -0.1) is 0 Å². The lowest BCUT2D eigenvalue weighted by Crippen LogP contribution is -2.79. The Balaban J connectivity index is 1.60. The minimum Gasteiger partial charge on any atom is -0.451 e. The summed E-state index contributed by atoms with van der Waals surface area (Å²) in [5.41, 5.74) is -12.9. The maximum Gasteiger partial charge on any atom is 0.457 e. The molecule has 4 saturated carbocycles. The van der Waals surface area contributed by atoms with Gasteiger partial charge in [0, 0.05) is 18.0 Å². The van der Waals surface area contributed by atoms with Gasteiger partial charge in [0.05, 0.1) is 17.1 Å². The van der Waals surface area contributed by atoms with Crippen molar-refractivity contribution in [3.63, 3.8) is 0 Å². The fourth-order valence-corrected chi connectivity index (χ4v) is 10.5. The monoisotopic (exact) mass is 533 g/mol. The minimum absolute atomic E-state index is 0.120. The Labute approximate surface area is 220 Å². The molecule has 0 amide bonds. The molecule has 0 aromatic carbocycles. The highest BCUT2D eigenvalue weighted by atomic mass is 16.7. The molecule has 1 aromatic heterocycles. The van der Waals surface area contributed by atoms with Gasteiger partial charge in [0.2, 0.25) is 0 Å². The summed E-state index contributed by atoms with van der Waals surface area (Å²) in [5, 5.41) is 61.2. The molecule has 11 atom stereocenters. The minimum atomic E-state index is -2.35. The molecule has 0 unspecified atom stereocenters. The van der Waals surface area contributed by atoms with E-state index < -0.39 is 81.9 Å². The second-order valence-electron chi connectivity index (χ2n) is 13.0. The van der Waals surface area contributed by atoms with Crippen molar-refractivity contribution in [3.05, 3.63) is 24.0 Å². The summed E-state index contributed by atoms with van der Waals surface area (Å²) in [7, 11) is -0.905. The highest BCUT2D eigenvalue weighted by Gasteiger charge is 3.12. The normalized spacial score (nSPS) is 57.6. The lowest BCUT2D eigenvalue weighted by Gasteiger charge is -2.66. The Morgan fingerprint density at radius 3 is 2.53 bits per heavy atom. The van der Waals surface area contributed by atoms with Crippen LogP contribution in [0.2, 0.25) is 6.32 Å². The first-order valence-electron chi connectivity index (χ1n) is 13.6. The maximum atomic E-state index is 13.5. The number of aliphatic hydroxyl groups is 5. The Kier molecular flexibility index (Phi) is 4.48. The standard InChI is InChI=1S/C26H36BNO10/c1-6-27-37-21-10-9-15(29)16(30)24(21)26(34)20(5)22(32,36-24)12-19(21,4)25(26,38-27)18(23(20,33)13(2)3)35-17(31)14-8-7-11-28-14/h7-8,11,13,15-16,18,28-30,32-34H,6,9-10,12H2,1-5H3/t15-,16-,18-,19+,20-,21+,22+,23-,24-,25-,26+/m1/s1. The van der Waals surface area contributed by atoms with E-state index in [1.54, 1.807) is 33.0 Å². The molecule has 3 saturated heterocycles. The van der Waals surface area contributed by atoms with Crippen molar-refractivity contribution in [2.75, 3.05) is 0 Å². The zero-order chi connectivity index (χ0) is 27.5. The fourth-order valence-electron chi connectivity index (χ4n) is 10.5. The first-order valence-corrected chi connectivity index (χ1v) is 13.6. The third kappa shape index (κ3) is 1.88. The van der Waals surface area contributed by atoms with Crippen LogP contribution in [0.25, 0.3) is 0 Å². The van der Waals surface area contributed by atoms with Gasteiger partial charge >= 0.3 is 13.1 Å². The number of nitrogens with one attached hydrogen (secondary N) is 1. The lowest BCUT2D eigenvalue weighted by molar-refractivity contribution is -0.395. The molecule has 3 aliphatic heterocycles. The summed E-state index contributed by atoms with van der Waals surface area (Å²) in [6.45, 7) is 8.56. The van der Waals surface area contributed by atoms with E-state index in [9.17, 15) is 30.3 Å². The first-order chi connectivity index (χ1) is 17.7. The number of carbonyl (C=O) groups excluding carboxylic acids is 1. The fraction of sp³-hybridized carbons (Fsp3) is 0.808. The van der Waals surface area contributed by atoms with Gasteiger partial charge in [-0.3, -0.25) is 0 Å². The highest BCUT2D eigenvalue weighted by Crippen LogP contribution is 2.92. The molecule has 6 N–H and O–H groups in total. The van der Waals surface area contributed by atoms with Gasteiger partial charge in [-0.2, -0.15) is 0 Å². The van der Waals surface area contributed by atoms with Crippen molar-refractivity contribution in [1.82, 2.24) is 4.98 Å². The van der Waals surface area contributed by atoms with E-state index in [1.165, 1.54) is 13.0 Å². The Morgan fingerprint density at radius 2 is 1.92 bits per heavy atom. The van der Waals surface area contributed by atoms with Crippen LogP contribution in [0.15, 0.2) is 18.3 Å². The number of ether oxygens (including phenoxy) is 2. The van der Waals surface area contributed by atoms with E-state index in [0.717, 1.165) is 0 Å². The van der Waals surface area contributed by atoms with Gasteiger partial charge in [-0.25, -0.2) is 4.79 Å². The Morgan fingerprint density at radius 1 is 1.21 bits per heavy atom. The molecule has 7 fully saturated rings. The number of hydrogen-bond acceptors (Lipinski definition) is 10. The molecule has 7 bridgehead atoms. The van der Waals surface area contributed by atoms with Gasteiger partial charge < -0.3 is 49.3 Å². The van der Waals surface area contributed by atoms with Crippen LogP contribution in [0.4, 0.5) is 0 Å². The van der Waals surface area contributed by atoms with E-state index in [0.29, 0.717) is 6.32 Å². The number of aliphatic hydroxyl groups excluding tert-OH is 2. The summed E-state index contributed by atoms with van der Waals surface area (Å²) in [6, 6.07) is 3.18. The topological polar surface area (TPSA) is 171 Å². The molecule has 4 aliphatic carbocycles. The summed E-state index contributed by atoms with van der Waals surface area (Å²) < 4.78 is 26.0. The second-order valence-corrected chi connectivity index (χ2v) is 13.0. The average molecular weight is 533 g/mol. The Bertz CT molecular complexity index is 1230. The van der Waals surface area contributed by atoms with E-state index in [4.69, 9.17) is 18.8 Å². The molecule has 3 spiro atoms. The molecule has 208 valence electrons. The number of aromatic amines is 1. The van der Waals surface area contributed by atoms with Crippen LogP contribution in [-0.4, -0.2) is 95.7 Å². The van der Waals surface area contributed by atoms with Crippen LogP contribution in [-0.2, 0) is 18.8 Å². The van der Waals surface area contributed by atoms with Gasteiger partial charge in [-0.05, 0) is 44.1 Å². The summed E-state index contributed by atoms with van der Waals surface area (Å²) in [6.07, 6.45) is -2.34. The molecular weight excluding hydrogens is 497 g/mol. The summed E-state index contributed by atoms with van der Waals surface area (Å²) in [5.74, 6) is -3.63. The van der Waals surface area contributed by atoms with Crippen molar-refractivity contribution < 1.29 is 49.1 Å². The van der Waals surface area contributed by atoms with Crippen LogP contribution >= 0.6 is 0 Å². The number of H-pyrrole nitrogens is 1. The molecule has 12 heteroatoms. The highest BCUT2D eigenvalue weighted by molar-refractivity contribution is 6.45. The maximum absolute atomic E-state index is 13.5. The summed E-state index contributed by atoms with van der Waals surface area (Å²) in [4.78, 5) is 16.3. The number of carbonyl (C=O) groups is 1. The molecule has 0 radical (unpaired) electrons. The second kappa shape index (κ2) is 6.68. The SMILES string of the molecule is CCB1O[C@]23CC[C@@H](O)[C@@H](O)[C@@]24O[C@@]2(O)C[C@]3(C)[C@]3(O1)[C@H](OC(=O)c1ccc[nH]1)[C@](O)(C(C)C)[C@]2(C)[C@@]34O. The average Bonchev–Trinajstić information content (AvgIpc) is 3.47. The van der Waals surface area contributed by atoms with Crippen molar-refractivity contribution in [2.24, 2.45) is 16.7 Å². The number of rotatable bonds is 4. The molecule has 7 aliphatic rings. The number of hydrogen-bond donors (Lipinski definition) is 6. The molecule has 4 heterocycles. The third-order valence-corrected chi connectivity index (χ3v) is 11.9. The van der Waals surface area contributed by atoms with Crippen molar-refractivity contribution in [2.45, 2.75) is 112 Å². The van der Waals surface area contributed by atoms with E-state index in [-0.39, 0.29) is 25.0 Å². The largest absolute Gasteiger partial charge is 0.457 e. The van der Waals surface area contributed by atoms with E-state index >= 15 is 0 Å². The van der Waals surface area contributed by atoms with E-state index in [2.05, 4.69) is 4.98 Å². The van der Waals surface area contributed by atoms with Crippen LogP contribution in [0.3, 0.4) is 0 Å².